The van der Waals surface area contributed by atoms with Crippen molar-refractivity contribution in [2.75, 3.05) is 12.8 Å². The van der Waals surface area contributed by atoms with Gasteiger partial charge in [0.1, 0.15) is 5.76 Å². The molecular weight excluding hydrogens is 290 g/mol. The summed E-state index contributed by atoms with van der Waals surface area (Å²) in [6.45, 7) is 6.74. The minimum absolute atomic E-state index is 0.0826. The minimum atomic E-state index is -3.52. The van der Waals surface area contributed by atoms with Crippen LogP contribution in [0.4, 0.5) is 0 Å². The van der Waals surface area contributed by atoms with Crippen molar-refractivity contribution in [3.63, 3.8) is 0 Å². The summed E-state index contributed by atoms with van der Waals surface area (Å²) >= 11 is 0. The van der Waals surface area contributed by atoms with Crippen LogP contribution in [0, 0.1) is 0 Å². The van der Waals surface area contributed by atoms with Gasteiger partial charge in [0.2, 0.25) is 10.0 Å². The van der Waals surface area contributed by atoms with Crippen LogP contribution in [0.3, 0.4) is 0 Å². The molecule has 0 aromatic heterocycles. The lowest BCUT2D eigenvalue weighted by Crippen LogP contribution is -2.32. The quantitative estimate of drug-likeness (QED) is 0.481. The largest absolute Gasteiger partial charge is 0.512 e. The summed E-state index contributed by atoms with van der Waals surface area (Å²) in [5, 5.41) is 9.87. The topological polar surface area (TPSA) is 74.7 Å². The van der Waals surface area contributed by atoms with Crippen molar-refractivity contribution in [1.82, 2.24) is 4.31 Å². The monoisotopic (exact) mass is 313 g/mol. The van der Waals surface area contributed by atoms with Crippen LogP contribution in [-0.4, -0.2) is 36.4 Å². The van der Waals surface area contributed by atoms with Crippen molar-refractivity contribution in [3.8, 4) is 0 Å². The number of nitrogens with zero attached hydrogens (tertiary/aromatic N) is 1. The molecule has 1 heterocycles. The second-order valence-electron chi connectivity index (χ2n) is 5.25. The van der Waals surface area contributed by atoms with Gasteiger partial charge in [-0.25, -0.2) is 8.42 Å². The zero-order valence-electron chi connectivity index (χ0n) is 12.8. The number of aliphatic hydroxyl groups is 1. The lowest BCUT2D eigenvalue weighted by Gasteiger charge is -2.27. The van der Waals surface area contributed by atoms with E-state index in [0.29, 0.717) is 31.5 Å². The Hall–Kier alpha value is -1.56. The van der Waals surface area contributed by atoms with Crippen LogP contribution in [0.15, 0.2) is 35.3 Å². The summed E-state index contributed by atoms with van der Waals surface area (Å²) in [4.78, 5) is 11.9. The average Bonchev–Trinajstić information content (AvgIpc) is 2.52. The molecule has 0 aliphatic carbocycles. The van der Waals surface area contributed by atoms with Crippen molar-refractivity contribution in [2.24, 2.45) is 0 Å². The van der Waals surface area contributed by atoms with E-state index in [0.717, 1.165) is 18.2 Å². The molecule has 0 saturated heterocycles. The van der Waals surface area contributed by atoms with E-state index in [1.807, 2.05) is 0 Å². The van der Waals surface area contributed by atoms with E-state index in [-0.39, 0.29) is 17.1 Å². The van der Waals surface area contributed by atoms with Gasteiger partial charge in [-0.3, -0.25) is 9.10 Å². The highest BCUT2D eigenvalue weighted by atomic mass is 32.2. The fourth-order valence-electron chi connectivity index (χ4n) is 2.60. The van der Waals surface area contributed by atoms with Crippen LogP contribution in [0.1, 0.15) is 39.5 Å². The number of allylic oxidation sites excluding steroid dienone is 4. The molecule has 1 aliphatic heterocycles. The van der Waals surface area contributed by atoms with Crippen molar-refractivity contribution >= 4 is 15.8 Å². The molecule has 118 valence electrons. The van der Waals surface area contributed by atoms with E-state index < -0.39 is 10.0 Å². The molecule has 0 aromatic carbocycles. The number of hydrogen-bond donors (Lipinski definition) is 1. The van der Waals surface area contributed by atoms with Crippen molar-refractivity contribution < 1.29 is 18.3 Å². The SMILES string of the molecule is C=CCC1=C(C(C(C)=O)=C(C)O)N(S(C)(=O)=O)CCCC1. The fourth-order valence-corrected chi connectivity index (χ4v) is 3.61. The Morgan fingerprint density at radius 3 is 2.43 bits per heavy atom. The Kier molecular flexibility index (Phi) is 5.78. The zero-order valence-corrected chi connectivity index (χ0v) is 13.7. The Bertz CT molecular complexity index is 595. The molecule has 0 spiro atoms. The van der Waals surface area contributed by atoms with Gasteiger partial charge in [0.15, 0.2) is 5.78 Å². The highest BCUT2D eigenvalue weighted by Gasteiger charge is 2.30. The first-order valence-corrected chi connectivity index (χ1v) is 8.76. The molecule has 5 nitrogen and oxygen atoms in total. The number of hydrogen-bond acceptors (Lipinski definition) is 4. The molecule has 0 saturated carbocycles. The lowest BCUT2D eigenvalue weighted by molar-refractivity contribution is -0.113. The first-order valence-electron chi connectivity index (χ1n) is 6.92. The van der Waals surface area contributed by atoms with Crippen LogP contribution in [0.2, 0.25) is 0 Å². The van der Waals surface area contributed by atoms with Crippen molar-refractivity contribution in [1.29, 1.82) is 0 Å². The van der Waals surface area contributed by atoms with Gasteiger partial charge in [0, 0.05) is 6.54 Å². The van der Waals surface area contributed by atoms with Gasteiger partial charge < -0.3 is 5.11 Å². The van der Waals surface area contributed by atoms with Gasteiger partial charge in [-0.1, -0.05) is 6.08 Å². The van der Waals surface area contributed by atoms with E-state index in [4.69, 9.17) is 0 Å². The summed E-state index contributed by atoms with van der Waals surface area (Å²) in [6.07, 6.45) is 5.55. The number of sulfonamides is 1. The van der Waals surface area contributed by atoms with E-state index >= 15 is 0 Å². The van der Waals surface area contributed by atoms with Gasteiger partial charge >= 0.3 is 0 Å². The summed E-state index contributed by atoms with van der Waals surface area (Å²) in [6, 6.07) is 0. The van der Waals surface area contributed by atoms with Crippen LogP contribution >= 0.6 is 0 Å². The lowest BCUT2D eigenvalue weighted by atomic mass is 9.97. The molecule has 1 rings (SSSR count). The molecule has 0 fully saturated rings. The summed E-state index contributed by atoms with van der Waals surface area (Å²) in [5.41, 5.74) is 1.24. The third-order valence-corrected chi connectivity index (χ3v) is 4.58. The van der Waals surface area contributed by atoms with Crippen LogP contribution in [0.25, 0.3) is 0 Å². The maximum atomic E-state index is 12.1. The third-order valence-electron chi connectivity index (χ3n) is 3.42. The maximum absolute atomic E-state index is 12.1. The first-order chi connectivity index (χ1) is 9.70. The number of Topliss-reactive ketones (excluding diaryl/α,β-unsaturated/α-hetero) is 1. The summed E-state index contributed by atoms with van der Waals surface area (Å²) in [5.74, 6) is -0.503. The molecule has 21 heavy (non-hydrogen) atoms. The highest BCUT2D eigenvalue weighted by molar-refractivity contribution is 7.88. The molecular formula is C15H23NO4S. The standard InChI is InChI=1S/C15H23NO4S/c1-5-8-13-9-6-7-10-16(21(4,19)20)15(13)14(11(2)17)12(3)18/h5,17H,1,6-10H2,2-4H3. The highest BCUT2D eigenvalue weighted by Crippen LogP contribution is 2.32. The van der Waals surface area contributed by atoms with Gasteiger partial charge in [0.25, 0.3) is 0 Å². The normalized spacial score (nSPS) is 18.1. The number of carbonyl (C=O) groups is 1. The Morgan fingerprint density at radius 2 is 2.00 bits per heavy atom. The predicted octanol–water partition coefficient (Wildman–Crippen LogP) is 2.68. The van der Waals surface area contributed by atoms with Crippen LogP contribution in [-0.2, 0) is 14.8 Å². The van der Waals surface area contributed by atoms with Gasteiger partial charge in [-0.05, 0) is 45.1 Å². The summed E-state index contributed by atoms with van der Waals surface area (Å²) < 4.78 is 25.4. The average molecular weight is 313 g/mol. The maximum Gasteiger partial charge on any atom is 0.232 e. The third kappa shape index (κ3) is 4.20. The summed E-state index contributed by atoms with van der Waals surface area (Å²) in [7, 11) is -3.52. The zero-order chi connectivity index (χ0) is 16.2. The molecule has 0 amide bonds. The molecule has 1 aliphatic rings. The smallest absolute Gasteiger partial charge is 0.232 e. The first kappa shape index (κ1) is 17.5. The fraction of sp³-hybridized carbons (Fsp3) is 0.533. The predicted molar refractivity (Wildman–Crippen MR) is 83.3 cm³/mol. The Balaban J connectivity index is 3.65. The van der Waals surface area contributed by atoms with E-state index in [9.17, 15) is 18.3 Å². The Morgan fingerprint density at radius 1 is 1.38 bits per heavy atom. The number of carbonyl (C=O) groups excluding carboxylic acids is 1. The molecule has 0 unspecified atom stereocenters. The van der Waals surface area contributed by atoms with E-state index in [1.54, 1.807) is 6.08 Å². The van der Waals surface area contributed by atoms with E-state index in [1.165, 1.54) is 18.2 Å². The van der Waals surface area contributed by atoms with Crippen molar-refractivity contribution in [3.05, 3.63) is 35.3 Å². The number of ketones is 1. The van der Waals surface area contributed by atoms with Crippen molar-refractivity contribution in [2.45, 2.75) is 39.5 Å². The van der Waals surface area contributed by atoms with Gasteiger partial charge in [0.05, 0.1) is 17.5 Å². The number of aliphatic hydroxyl groups excluding tert-OH is 1. The van der Waals surface area contributed by atoms with Crippen LogP contribution < -0.4 is 0 Å². The van der Waals surface area contributed by atoms with Crippen LogP contribution in [0.5, 0.6) is 0 Å². The molecule has 0 bridgehead atoms. The second-order valence-corrected chi connectivity index (χ2v) is 7.16. The molecule has 0 radical (unpaired) electrons. The molecule has 0 atom stereocenters. The molecule has 1 N–H and O–H groups in total. The minimum Gasteiger partial charge on any atom is -0.512 e. The van der Waals surface area contributed by atoms with E-state index in [2.05, 4.69) is 6.58 Å². The molecule has 0 aromatic rings. The van der Waals surface area contributed by atoms with Gasteiger partial charge in [-0.15, -0.1) is 6.58 Å². The van der Waals surface area contributed by atoms with Gasteiger partial charge in [-0.2, -0.15) is 0 Å². The number of rotatable bonds is 5. The Labute approximate surface area is 126 Å². The second kappa shape index (κ2) is 6.93. The molecule has 6 heteroatoms.